The van der Waals surface area contributed by atoms with Crippen LogP contribution in [0.4, 0.5) is 11.4 Å². The maximum atomic E-state index is 6.10. The van der Waals surface area contributed by atoms with Crippen molar-refractivity contribution in [2.75, 3.05) is 31.1 Å². The number of hydrogen-bond donors (Lipinski definition) is 1. The molecule has 1 N–H and O–H groups in total. The zero-order valence-electron chi connectivity index (χ0n) is 12.1. The highest BCUT2D eigenvalue weighted by Crippen LogP contribution is 2.41. The van der Waals surface area contributed by atoms with Crippen LogP contribution in [-0.2, 0) is 0 Å². The van der Waals surface area contributed by atoms with Crippen molar-refractivity contribution < 1.29 is 4.74 Å². The van der Waals surface area contributed by atoms with E-state index in [0.29, 0.717) is 0 Å². The molecule has 2 aromatic carbocycles. The SMILES string of the molecule is Brc1ccc2c(c1N1CCNCC1)C=Nc1ccccc1O2. The third kappa shape index (κ3) is 2.40. The largest absolute Gasteiger partial charge is 0.454 e. The maximum absolute atomic E-state index is 6.10. The van der Waals surface area contributed by atoms with Gasteiger partial charge in [0.2, 0.25) is 0 Å². The lowest BCUT2D eigenvalue weighted by atomic mass is 10.1. The van der Waals surface area contributed by atoms with Crippen LogP contribution >= 0.6 is 15.9 Å². The number of fused-ring (bicyclic) bond motifs is 2. The van der Waals surface area contributed by atoms with Crippen LogP contribution in [0.25, 0.3) is 0 Å². The molecular formula is C17H16BrN3O. The molecule has 2 aromatic rings. The summed E-state index contributed by atoms with van der Waals surface area (Å²) in [6.07, 6.45) is 1.92. The van der Waals surface area contributed by atoms with Gasteiger partial charge in [0.15, 0.2) is 5.75 Å². The van der Waals surface area contributed by atoms with Crippen molar-refractivity contribution in [2.45, 2.75) is 0 Å². The average Bonchev–Trinajstić information content (AvgIpc) is 2.75. The van der Waals surface area contributed by atoms with E-state index in [4.69, 9.17) is 4.74 Å². The van der Waals surface area contributed by atoms with Crippen molar-refractivity contribution in [3.8, 4) is 11.5 Å². The summed E-state index contributed by atoms with van der Waals surface area (Å²) in [5.41, 5.74) is 3.06. The van der Waals surface area contributed by atoms with Crippen molar-refractivity contribution in [3.63, 3.8) is 0 Å². The van der Waals surface area contributed by atoms with Gasteiger partial charge in [-0.2, -0.15) is 0 Å². The Kier molecular flexibility index (Phi) is 3.60. The fourth-order valence-electron chi connectivity index (χ4n) is 2.89. The first-order valence-electron chi connectivity index (χ1n) is 7.42. The molecule has 2 aliphatic rings. The van der Waals surface area contributed by atoms with E-state index < -0.39 is 0 Å². The molecule has 0 atom stereocenters. The molecule has 0 radical (unpaired) electrons. The van der Waals surface area contributed by atoms with Gasteiger partial charge in [-0.15, -0.1) is 0 Å². The number of anilines is 1. The van der Waals surface area contributed by atoms with E-state index in [0.717, 1.165) is 59.1 Å². The van der Waals surface area contributed by atoms with Crippen LogP contribution in [-0.4, -0.2) is 32.4 Å². The molecule has 0 spiro atoms. The summed E-state index contributed by atoms with van der Waals surface area (Å²) >= 11 is 3.69. The summed E-state index contributed by atoms with van der Waals surface area (Å²) in [4.78, 5) is 6.99. The normalized spacial score (nSPS) is 16.5. The lowest BCUT2D eigenvalue weighted by Gasteiger charge is -2.31. The van der Waals surface area contributed by atoms with Gasteiger partial charge in [0.1, 0.15) is 11.4 Å². The van der Waals surface area contributed by atoms with Crippen molar-refractivity contribution in [3.05, 3.63) is 46.4 Å². The van der Waals surface area contributed by atoms with E-state index in [-0.39, 0.29) is 0 Å². The Labute approximate surface area is 137 Å². The Bertz CT molecular complexity index is 739. The molecule has 4 rings (SSSR count). The van der Waals surface area contributed by atoms with Gasteiger partial charge in [-0.3, -0.25) is 4.99 Å². The first kappa shape index (κ1) is 13.8. The minimum absolute atomic E-state index is 0.797. The predicted octanol–water partition coefficient (Wildman–Crippen LogP) is 3.72. The van der Waals surface area contributed by atoms with Gasteiger partial charge in [-0.25, -0.2) is 0 Å². The molecule has 0 aliphatic carbocycles. The molecule has 5 heteroatoms. The number of hydrogen-bond acceptors (Lipinski definition) is 4. The van der Waals surface area contributed by atoms with E-state index in [1.165, 1.54) is 0 Å². The molecule has 0 bridgehead atoms. The second-order valence-electron chi connectivity index (χ2n) is 5.37. The summed E-state index contributed by atoms with van der Waals surface area (Å²) in [7, 11) is 0. The molecule has 0 saturated carbocycles. The quantitative estimate of drug-likeness (QED) is 0.721. The highest BCUT2D eigenvalue weighted by Gasteiger charge is 2.21. The summed E-state index contributed by atoms with van der Waals surface area (Å²) in [6, 6.07) is 11.9. The van der Waals surface area contributed by atoms with Crippen LogP contribution in [0.15, 0.2) is 45.9 Å². The zero-order valence-corrected chi connectivity index (χ0v) is 13.6. The summed E-state index contributed by atoms with van der Waals surface area (Å²) < 4.78 is 7.18. The number of benzene rings is 2. The van der Waals surface area contributed by atoms with Gasteiger partial charge >= 0.3 is 0 Å². The van der Waals surface area contributed by atoms with E-state index in [9.17, 15) is 0 Å². The second-order valence-corrected chi connectivity index (χ2v) is 6.23. The second kappa shape index (κ2) is 5.74. The van der Waals surface area contributed by atoms with Crippen LogP contribution in [0.1, 0.15) is 5.56 Å². The van der Waals surface area contributed by atoms with Crippen molar-refractivity contribution >= 4 is 33.5 Å². The number of rotatable bonds is 1. The topological polar surface area (TPSA) is 36.9 Å². The Balaban J connectivity index is 1.83. The Morgan fingerprint density at radius 3 is 2.73 bits per heavy atom. The summed E-state index contributed by atoms with van der Waals surface area (Å²) in [5.74, 6) is 1.65. The fourth-order valence-corrected chi connectivity index (χ4v) is 3.49. The maximum Gasteiger partial charge on any atom is 0.153 e. The number of ether oxygens (including phenoxy) is 1. The monoisotopic (exact) mass is 357 g/mol. The predicted molar refractivity (Wildman–Crippen MR) is 93.0 cm³/mol. The molecule has 0 amide bonds. The van der Waals surface area contributed by atoms with Crippen molar-refractivity contribution in [1.29, 1.82) is 0 Å². The first-order valence-corrected chi connectivity index (χ1v) is 8.21. The first-order chi connectivity index (χ1) is 10.8. The smallest absolute Gasteiger partial charge is 0.153 e. The molecule has 4 nitrogen and oxygen atoms in total. The molecule has 0 unspecified atom stereocenters. The fraction of sp³-hybridized carbons (Fsp3) is 0.235. The molecule has 2 aliphatic heterocycles. The lowest BCUT2D eigenvalue weighted by Crippen LogP contribution is -2.44. The Morgan fingerprint density at radius 1 is 1.05 bits per heavy atom. The number of nitrogens with one attached hydrogen (secondary N) is 1. The standard InChI is InChI=1S/C17H16BrN3O/c18-13-5-6-15-12(17(13)21-9-7-19-8-10-21)11-20-14-3-1-2-4-16(14)22-15/h1-6,11,19H,7-10H2. The van der Waals surface area contributed by atoms with Crippen LogP contribution in [0.3, 0.4) is 0 Å². The molecule has 112 valence electrons. The molecular weight excluding hydrogens is 342 g/mol. The third-order valence-corrected chi connectivity index (χ3v) is 4.62. The highest BCUT2D eigenvalue weighted by atomic mass is 79.9. The Morgan fingerprint density at radius 2 is 1.86 bits per heavy atom. The van der Waals surface area contributed by atoms with Crippen LogP contribution in [0.5, 0.6) is 11.5 Å². The van der Waals surface area contributed by atoms with E-state index in [2.05, 4.69) is 37.2 Å². The number of para-hydroxylation sites is 2. The van der Waals surface area contributed by atoms with Gasteiger partial charge in [0, 0.05) is 36.9 Å². The Hall–Kier alpha value is -1.85. The minimum atomic E-state index is 0.797. The number of halogens is 1. The zero-order chi connectivity index (χ0) is 14.9. The molecule has 1 saturated heterocycles. The van der Waals surface area contributed by atoms with Gasteiger partial charge in [-0.05, 0) is 40.2 Å². The lowest BCUT2D eigenvalue weighted by molar-refractivity contribution is 0.484. The van der Waals surface area contributed by atoms with Crippen LogP contribution in [0, 0.1) is 0 Å². The molecule has 1 fully saturated rings. The number of aliphatic imine (C=N–C) groups is 1. The van der Waals surface area contributed by atoms with Crippen LogP contribution < -0.4 is 15.0 Å². The minimum Gasteiger partial charge on any atom is -0.454 e. The average molecular weight is 358 g/mol. The molecule has 0 aromatic heterocycles. The van der Waals surface area contributed by atoms with E-state index in [1.807, 2.05) is 36.5 Å². The van der Waals surface area contributed by atoms with Gasteiger partial charge in [0.05, 0.1) is 11.3 Å². The summed E-state index contributed by atoms with van der Waals surface area (Å²) in [6.45, 7) is 3.95. The summed E-state index contributed by atoms with van der Waals surface area (Å²) in [5, 5.41) is 3.39. The highest BCUT2D eigenvalue weighted by molar-refractivity contribution is 9.10. The van der Waals surface area contributed by atoms with Gasteiger partial charge < -0.3 is 15.0 Å². The third-order valence-electron chi connectivity index (χ3n) is 3.98. The van der Waals surface area contributed by atoms with Crippen LogP contribution in [0.2, 0.25) is 0 Å². The number of nitrogens with zero attached hydrogens (tertiary/aromatic N) is 2. The number of piperazine rings is 1. The molecule has 2 heterocycles. The van der Waals surface area contributed by atoms with Crippen molar-refractivity contribution in [2.24, 2.45) is 4.99 Å². The van der Waals surface area contributed by atoms with Gasteiger partial charge in [-0.1, -0.05) is 12.1 Å². The van der Waals surface area contributed by atoms with Crippen molar-refractivity contribution in [1.82, 2.24) is 5.32 Å². The molecule has 22 heavy (non-hydrogen) atoms. The van der Waals surface area contributed by atoms with Gasteiger partial charge in [0.25, 0.3) is 0 Å². The van der Waals surface area contributed by atoms with E-state index in [1.54, 1.807) is 0 Å². The van der Waals surface area contributed by atoms with E-state index >= 15 is 0 Å².